The Morgan fingerprint density at radius 1 is 1.15 bits per heavy atom. The van der Waals surface area contributed by atoms with Gasteiger partial charge in [0.25, 0.3) is 0 Å². The summed E-state index contributed by atoms with van der Waals surface area (Å²) in [6, 6.07) is 15.6. The number of rotatable bonds is 7. The van der Waals surface area contributed by atoms with Crippen molar-refractivity contribution in [2.45, 2.75) is 26.4 Å². The van der Waals surface area contributed by atoms with Crippen LogP contribution >= 0.6 is 0 Å². The molecular weight excluding hydrogens is 330 g/mol. The highest BCUT2D eigenvalue weighted by Gasteiger charge is 2.10. The summed E-state index contributed by atoms with van der Waals surface area (Å²) in [7, 11) is 1.61. The van der Waals surface area contributed by atoms with Crippen LogP contribution in [0.15, 0.2) is 48.5 Å². The van der Waals surface area contributed by atoms with Gasteiger partial charge in [-0.25, -0.2) is 0 Å². The van der Waals surface area contributed by atoms with E-state index >= 15 is 0 Å². The number of amides is 1. The zero-order valence-corrected chi connectivity index (χ0v) is 14.8. The molecule has 0 aliphatic heterocycles. The van der Waals surface area contributed by atoms with Gasteiger partial charge in [0.1, 0.15) is 12.3 Å². The number of hydrogen-bond acceptors (Lipinski definition) is 5. The number of nitrogens with zero attached hydrogens (tertiary/aromatic N) is 4. The second-order valence-corrected chi connectivity index (χ2v) is 5.78. The van der Waals surface area contributed by atoms with Crippen LogP contribution in [-0.4, -0.2) is 33.2 Å². The van der Waals surface area contributed by atoms with Crippen LogP contribution < -0.4 is 10.1 Å². The van der Waals surface area contributed by atoms with E-state index in [2.05, 4.69) is 27.7 Å². The number of carbonyl (C=O) groups is 1. The molecule has 0 aliphatic rings. The fraction of sp³-hybridized carbons (Fsp3) is 0.263. The van der Waals surface area contributed by atoms with Gasteiger partial charge in [0.05, 0.1) is 7.11 Å². The molecule has 26 heavy (non-hydrogen) atoms. The number of aryl methyl sites for hydroxylation is 1. The Hall–Kier alpha value is -3.22. The summed E-state index contributed by atoms with van der Waals surface area (Å²) < 4.78 is 5.27. The number of nitrogens with one attached hydrogen (secondary N) is 1. The molecule has 7 nitrogen and oxygen atoms in total. The minimum atomic E-state index is -0.193. The van der Waals surface area contributed by atoms with Crippen molar-refractivity contribution in [2.24, 2.45) is 0 Å². The summed E-state index contributed by atoms with van der Waals surface area (Å²) in [5.74, 6) is 1.05. The third kappa shape index (κ3) is 4.24. The fourth-order valence-electron chi connectivity index (χ4n) is 2.54. The molecule has 0 bridgehead atoms. The van der Waals surface area contributed by atoms with E-state index in [0.29, 0.717) is 12.4 Å². The SMILES string of the molecule is CCc1ccc(-c2nnn(CC(=O)NCc3ccccc3OC)n2)cc1. The van der Waals surface area contributed by atoms with Gasteiger partial charge in [0.2, 0.25) is 11.7 Å². The molecule has 0 saturated heterocycles. The summed E-state index contributed by atoms with van der Waals surface area (Å²) in [6.45, 7) is 2.49. The van der Waals surface area contributed by atoms with E-state index in [1.54, 1.807) is 7.11 Å². The number of hydrogen-bond donors (Lipinski definition) is 1. The number of para-hydroxylation sites is 1. The molecule has 1 N–H and O–H groups in total. The van der Waals surface area contributed by atoms with Crippen LogP contribution in [0.3, 0.4) is 0 Å². The Balaban J connectivity index is 1.59. The van der Waals surface area contributed by atoms with E-state index in [-0.39, 0.29) is 12.5 Å². The molecular formula is C19H21N5O2. The highest BCUT2D eigenvalue weighted by atomic mass is 16.5. The minimum absolute atomic E-state index is 0.00912. The standard InChI is InChI=1S/C19H21N5O2/c1-3-14-8-10-15(11-9-14)19-21-23-24(22-19)13-18(25)20-12-16-6-4-5-7-17(16)26-2/h4-11H,3,12-13H2,1-2H3,(H,20,25). The topological polar surface area (TPSA) is 81.9 Å². The van der Waals surface area contributed by atoms with Crippen molar-refractivity contribution in [2.75, 3.05) is 7.11 Å². The third-order valence-electron chi connectivity index (χ3n) is 4.03. The van der Waals surface area contributed by atoms with E-state index < -0.39 is 0 Å². The zero-order valence-electron chi connectivity index (χ0n) is 14.8. The first kappa shape index (κ1) is 17.6. The van der Waals surface area contributed by atoms with Crippen LogP contribution in [-0.2, 0) is 24.3 Å². The van der Waals surface area contributed by atoms with E-state index in [4.69, 9.17) is 4.74 Å². The van der Waals surface area contributed by atoms with Gasteiger partial charge in [-0.05, 0) is 23.3 Å². The van der Waals surface area contributed by atoms with E-state index in [1.165, 1.54) is 10.4 Å². The number of benzene rings is 2. The van der Waals surface area contributed by atoms with Crippen LogP contribution in [0.5, 0.6) is 5.75 Å². The van der Waals surface area contributed by atoms with Crippen molar-refractivity contribution in [3.63, 3.8) is 0 Å². The molecule has 1 heterocycles. The van der Waals surface area contributed by atoms with E-state index in [0.717, 1.165) is 23.3 Å². The van der Waals surface area contributed by atoms with Crippen molar-refractivity contribution >= 4 is 5.91 Å². The lowest BCUT2D eigenvalue weighted by Crippen LogP contribution is -2.28. The molecule has 0 unspecified atom stereocenters. The first-order chi connectivity index (χ1) is 12.7. The quantitative estimate of drug-likeness (QED) is 0.706. The smallest absolute Gasteiger partial charge is 0.243 e. The van der Waals surface area contributed by atoms with E-state index in [1.807, 2.05) is 48.5 Å². The van der Waals surface area contributed by atoms with Crippen molar-refractivity contribution in [1.29, 1.82) is 0 Å². The average Bonchev–Trinajstić information content (AvgIpc) is 3.15. The second kappa shape index (κ2) is 8.24. The number of carbonyl (C=O) groups excluding carboxylic acids is 1. The van der Waals surface area contributed by atoms with Gasteiger partial charge in [-0.2, -0.15) is 4.80 Å². The molecule has 0 radical (unpaired) electrons. The van der Waals surface area contributed by atoms with Crippen molar-refractivity contribution < 1.29 is 9.53 Å². The van der Waals surface area contributed by atoms with Gasteiger partial charge >= 0.3 is 0 Å². The maximum Gasteiger partial charge on any atom is 0.243 e. The van der Waals surface area contributed by atoms with Gasteiger partial charge in [0, 0.05) is 17.7 Å². The average molecular weight is 351 g/mol. The van der Waals surface area contributed by atoms with E-state index in [9.17, 15) is 4.79 Å². The Labute approximate surface area is 152 Å². The Kier molecular flexibility index (Phi) is 5.58. The molecule has 134 valence electrons. The predicted molar refractivity (Wildman–Crippen MR) is 97.5 cm³/mol. The summed E-state index contributed by atoms with van der Waals surface area (Å²) in [6.07, 6.45) is 0.979. The summed E-state index contributed by atoms with van der Waals surface area (Å²) in [5.41, 5.74) is 3.03. The lowest BCUT2D eigenvalue weighted by molar-refractivity contribution is -0.122. The van der Waals surface area contributed by atoms with Gasteiger partial charge in [0.15, 0.2) is 0 Å². The van der Waals surface area contributed by atoms with Crippen LogP contribution in [0.1, 0.15) is 18.1 Å². The maximum atomic E-state index is 12.1. The highest BCUT2D eigenvalue weighted by molar-refractivity contribution is 5.75. The van der Waals surface area contributed by atoms with Crippen molar-refractivity contribution in [3.05, 3.63) is 59.7 Å². The summed E-state index contributed by atoms with van der Waals surface area (Å²) in [4.78, 5) is 13.4. The maximum absolute atomic E-state index is 12.1. The van der Waals surface area contributed by atoms with Crippen LogP contribution in [0.4, 0.5) is 0 Å². The van der Waals surface area contributed by atoms with Crippen molar-refractivity contribution in [3.8, 4) is 17.1 Å². The number of tetrazole rings is 1. The van der Waals surface area contributed by atoms with Crippen LogP contribution in [0.2, 0.25) is 0 Å². The lowest BCUT2D eigenvalue weighted by atomic mass is 10.1. The third-order valence-corrected chi connectivity index (χ3v) is 4.03. The molecule has 0 atom stereocenters. The number of aromatic nitrogens is 4. The summed E-state index contributed by atoms with van der Waals surface area (Å²) in [5, 5.41) is 15.1. The zero-order chi connectivity index (χ0) is 18.4. The molecule has 3 rings (SSSR count). The number of ether oxygens (including phenoxy) is 1. The largest absolute Gasteiger partial charge is 0.496 e. The predicted octanol–water partition coefficient (Wildman–Crippen LogP) is 2.23. The monoisotopic (exact) mass is 351 g/mol. The molecule has 0 saturated carbocycles. The first-order valence-corrected chi connectivity index (χ1v) is 8.45. The molecule has 0 fully saturated rings. The van der Waals surface area contributed by atoms with Gasteiger partial charge in [-0.15, -0.1) is 10.2 Å². The number of methoxy groups -OCH3 is 1. The molecule has 7 heteroatoms. The molecule has 2 aromatic carbocycles. The Morgan fingerprint density at radius 2 is 1.92 bits per heavy atom. The lowest BCUT2D eigenvalue weighted by Gasteiger charge is -2.09. The highest BCUT2D eigenvalue weighted by Crippen LogP contribution is 2.17. The first-order valence-electron chi connectivity index (χ1n) is 8.45. The second-order valence-electron chi connectivity index (χ2n) is 5.78. The van der Waals surface area contributed by atoms with Gasteiger partial charge in [-0.1, -0.05) is 49.4 Å². The fourth-order valence-corrected chi connectivity index (χ4v) is 2.54. The van der Waals surface area contributed by atoms with Crippen molar-refractivity contribution in [1.82, 2.24) is 25.5 Å². The van der Waals surface area contributed by atoms with Gasteiger partial charge < -0.3 is 10.1 Å². The molecule has 1 amide bonds. The molecule has 0 aliphatic carbocycles. The summed E-state index contributed by atoms with van der Waals surface area (Å²) >= 11 is 0. The molecule has 1 aromatic heterocycles. The molecule has 0 spiro atoms. The Bertz CT molecular complexity index is 874. The molecule has 3 aromatic rings. The van der Waals surface area contributed by atoms with Crippen LogP contribution in [0, 0.1) is 0 Å². The van der Waals surface area contributed by atoms with Crippen LogP contribution in [0.25, 0.3) is 11.4 Å². The Morgan fingerprint density at radius 3 is 2.65 bits per heavy atom. The van der Waals surface area contributed by atoms with Gasteiger partial charge in [-0.3, -0.25) is 4.79 Å². The minimum Gasteiger partial charge on any atom is -0.496 e. The normalized spacial score (nSPS) is 10.5.